The number of azide groups is 1. The lowest BCUT2D eigenvalue weighted by Gasteiger charge is -2.51. The first-order valence-corrected chi connectivity index (χ1v) is 28.7. The van der Waals surface area contributed by atoms with E-state index in [0.717, 1.165) is 32.6 Å². The largest absolute Gasteiger partial charge is 0.467 e. The van der Waals surface area contributed by atoms with E-state index in [1.165, 1.54) is 7.11 Å². The van der Waals surface area contributed by atoms with E-state index >= 15 is 0 Å². The van der Waals surface area contributed by atoms with Gasteiger partial charge >= 0.3 is 11.9 Å². The molecule has 414 valence electrons. The lowest BCUT2D eigenvalue weighted by Crippen LogP contribution is -2.72. The first-order chi connectivity index (χ1) is 39.1. The number of ether oxygens (including phenoxy) is 9. The summed E-state index contributed by atoms with van der Waals surface area (Å²) >= 11 is 0. The van der Waals surface area contributed by atoms with Crippen LogP contribution in [0, 0.1) is 0 Å². The SMILES string of the molecule is COC(=O)C1O[C@@H](O[Si](c2ccccc2)(c2ccccc2)C(C)(C)C)C(OCc2ccccc2)[C@@H](OCc2ccccc2)[C@@H]1O[C@@H]1OC(COC(=O)c2ccccc2)[C@@H](OCc2ccccc2)[C@H](OCc2ccccc2)C1N=[N+]=[N-]. The van der Waals surface area contributed by atoms with Crippen LogP contribution in [0.25, 0.3) is 10.4 Å². The molecule has 2 aliphatic heterocycles. The third kappa shape index (κ3) is 14.0. The molecule has 2 fully saturated rings. The van der Waals surface area contributed by atoms with Gasteiger partial charge in [-0.1, -0.05) is 226 Å². The van der Waals surface area contributed by atoms with E-state index in [4.69, 9.17) is 47.1 Å². The van der Waals surface area contributed by atoms with Crippen molar-refractivity contribution in [1.29, 1.82) is 0 Å². The van der Waals surface area contributed by atoms with Gasteiger partial charge in [0.2, 0.25) is 0 Å². The van der Waals surface area contributed by atoms with Crippen molar-refractivity contribution in [1.82, 2.24) is 0 Å². The number of carbonyl (C=O) groups is 2. The molecule has 0 aliphatic carbocycles. The van der Waals surface area contributed by atoms with E-state index < -0.39 is 86.6 Å². The van der Waals surface area contributed by atoms with Crippen LogP contribution in [0.1, 0.15) is 53.4 Å². The van der Waals surface area contributed by atoms with E-state index in [0.29, 0.717) is 5.56 Å². The molecule has 0 radical (unpaired) electrons. The number of carbonyl (C=O) groups excluding carboxylic acids is 2. The van der Waals surface area contributed by atoms with Crippen LogP contribution in [0.4, 0.5) is 0 Å². The highest BCUT2D eigenvalue weighted by molar-refractivity contribution is 6.99. The molecule has 0 aromatic heterocycles. The minimum atomic E-state index is -3.51. The summed E-state index contributed by atoms with van der Waals surface area (Å²) in [6.07, 6.45) is -11.5. The van der Waals surface area contributed by atoms with E-state index in [9.17, 15) is 15.1 Å². The van der Waals surface area contributed by atoms with Gasteiger partial charge in [-0.25, -0.2) is 9.59 Å². The van der Waals surface area contributed by atoms with Gasteiger partial charge in [-0.2, -0.15) is 0 Å². The zero-order valence-corrected chi connectivity index (χ0v) is 46.3. The zero-order valence-electron chi connectivity index (χ0n) is 45.3. The normalized spacial score (nSPS) is 23.1. The van der Waals surface area contributed by atoms with Crippen molar-refractivity contribution in [2.45, 2.75) is 114 Å². The second-order valence-electron chi connectivity index (χ2n) is 20.6. The van der Waals surface area contributed by atoms with Gasteiger partial charge in [-0.15, -0.1) is 0 Å². The summed E-state index contributed by atoms with van der Waals surface area (Å²) in [6, 6.07) is 65.7. The van der Waals surface area contributed by atoms with Crippen LogP contribution >= 0.6 is 0 Å². The zero-order chi connectivity index (χ0) is 55.7. The lowest BCUT2D eigenvalue weighted by atomic mass is 9.95. The summed E-state index contributed by atoms with van der Waals surface area (Å²) in [5, 5.41) is 5.69. The fraction of sp³-hybridized carbons (Fsp3) is 0.312. The molecule has 0 spiro atoms. The van der Waals surface area contributed by atoms with Crippen molar-refractivity contribution in [3.63, 3.8) is 0 Å². The quantitative estimate of drug-likeness (QED) is 0.0195. The number of esters is 2. The van der Waals surface area contributed by atoms with Gasteiger partial charge in [-0.05, 0) is 55.3 Å². The number of rotatable bonds is 23. The molecule has 0 bridgehead atoms. The first kappa shape index (κ1) is 57.4. The summed E-state index contributed by atoms with van der Waals surface area (Å²) in [7, 11) is -2.25. The Balaban J connectivity index is 1.17. The number of hydrogen-bond donors (Lipinski definition) is 0. The molecule has 7 aromatic rings. The molecule has 15 nitrogen and oxygen atoms in total. The van der Waals surface area contributed by atoms with Gasteiger partial charge in [0.15, 0.2) is 18.7 Å². The lowest BCUT2D eigenvalue weighted by molar-refractivity contribution is -0.346. The Morgan fingerprint density at radius 2 is 0.938 bits per heavy atom. The molecule has 0 saturated carbocycles. The summed E-state index contributed by atoms with van der Waals surface area (Å²) < 4.78 is 68.3. The number of benzene rings is 7. The predicted octanol–water partition coefficient (Wildman–Crippen LogP) is 10.4. The van der Waals surface area contributed by atoms with Crippen LogP contribution < -0.4 is 10.4 Å². The average Bonchev–Trinajstić information content (AvgIpc) is 3.33. The van der Waals surface area contributed by atoms with Crippen LogP contribution in [0.2, 0.25) is 5.04 Å². The third-order valence-electron chi connectivity index (χ3n) is 14.3. The van der Waals surface area contributed by atoms with Gasteiger partial charge in [0.25, 0.3) is 8.32 Å². The van der Waals surface area contributed by atoms with Gasteiger partial charge in [0.1, 0.15) is 49.3 Å². The fourth-order valence-electron chi connectivity index (χ4n) is 10.3. The maximum atomic E-state index is 14.8. The van der Waals surface area contributed by atoms with Gasteiger partial charge in [-0.3, -0.25) is 0 Å². The number of hydrogen-bond acceptors (Lipinski definition) is 13. The van der Waals surface area contributed by atoms with Gasteiger partial charge < -0.3 is 47.1 Å². The molecule has 16 heteroatoms. The Kier molecular flexibility index (Phi) is 19.9. The Bertz CT molecular complexity index is 3010. The maximum absolute atomic E-state index is 14.8. The Labute approximate surface area is 468 Å². The van der Waals surface area contributed by atoms with E-state index in [-0.39, 0.29) is 33.0 Å². The second-order valence-corrected chi connectivity index (χ2v) is 24.8. The molecule has 9 rings (SSSR count). The number of nitrogens with zero attached hydrogens (tertiary/aromatic N) is 3. The molecule has 80 heavy (non-hydrogen) atoms. The Morgan fingerprint density at radius 3 is 1.38 bits per heavy atom. The van der Waals surface area contributed by atoms with E-state index in [1.807, 2.05) is 158 Å². The molecule has 2 saturated heterocycles. The van der Waals surface area contributed by atoms with Crippen LogP contribution in [-0.2, 0) is 78.3 Å². The molecule has 7 aromatic carbocycles. The van der Waals surface area contributed by atoms with Crippen LogP contribution in [0.3, 0.4) is 0 Å². The van der Waals surface area contributed by atoms with Crippen LogP contribution in [0.15, 0.2) is 217 Å². The molecule has 4 unspecified atom stereocenters. The minimum Gasteiger partial charge on any atom is -0.467 e. The molecule has 0 N–H and O–H groups in total. The monoisotopic (exact) mass is 1100 g/mol. The van der Waals surface area contributed by atoms with E-state index in [1.54, 1.807) is 30.3 Å². The summed E-state index contributed by atoms with van der Waals surface area (Å²) in [5.74, 6) is -1.43. The van der Waals surface area contributed by atoms with Crippen molar-refractivity contribution < 1.29 is 56.6 Å². The predicted molar refractivity (Wildman–Crippen MR) is 303 cm³/mol. The standard InChI is InChI=1S/C64H67N3O12Si/c1-64(2,3)80(50-36-22-10-23-37-50,51-38-24-11-25-39-51)79-63-59(74-43-48-32-18-8-19-33-48)56(73-42-47-30-16-7-17-31-47)57(58(78-63)61(69)70-4)77-62-53(66-67-65)55(72-41-46-28-14-6-15-29-46)54(71-40-45-26-12-5-13-27-45)52(76-62)44-75-60(68)49-34-20-9-21-35-49/h5-39,52-59,62-63H,40-44H2,1-4H3/t52?,53?,54-,55-,56+,57+,58?,59?,62+,63+/m1/s1. The topological polar surface area (TPSA) is 175 Å². The summed E-state index contributed by atoms with van der Waals surface area (Å²) in [6.45, 7) is 6.31. The summed E-state index contributed by atoms with van der Waals surface area (Å²) in [4.78, 5) is 31.8. The maximum Gasteiger partial charge on any atom is 0.338 e. The van der Waals surface area contributed by atoms with Crippen molar-refractivity contribution in [2.75, 3.05) is 13.7 Å². The molecule has 0 amide bonds. The highest BCUT2D eigenvalue weighted by atomic mass is 28.4. The first-order valence-electron chi connectivity index (χ1n) is 26.8. The van der Waals surface area contributed by atoms with Gasteiger partial charge in [0.05, 0.1) is 39.1 Å². The van der Waals surface area contributed by atoms with Crippen LogP contribution in [-0.4, -0.2) is 95.3 Å². The molecular weight excluding hydrogens is 1030 g/mol. The van der Waals surface area contributed by atoms with E-state index in [2.05, 4.69) is 55.1 Å². The average molecular weight is 1100 g/mol. The molecule has 10 atom stereocenters. The van der Waals surface area contributed by atoms with Crippen molar-refractivity contribution in [3.05, 3.63) is 251 Å². The second kappa shape index (κ2) is 27.7. The minimum absolute atomic E-state index is 0.0258. The Morgan fingerprint density at radius 1 is 0.525 bits per heavy atom. The van der Waals surface area contributed by atoms with Gasteiger partial charge in [0, 0.05) is 4.91 Å². The third-order valence-corrected chi connectivity index (χ3v) is 19.2. The van der Waals surface area contributed by atoms with Crippen LogP contribution in [0.5, 0.6) is 0 Å². The highest BCUT2D eigenvalue weighted by Gasteiger charge is 2.60. The van der Waals surface area contributed by atoms with Crippen molar-refractivity contribution >= 4 is 30.6 Å². The summed E-state index contributed by atoms with van der Waals surface area (Å²) in [5.41, 5.74) is 14.1. The molecular formula is C64H67N3O12Si. The Hall–Kier alpha value is -7.31. The smallest absolute Gasteiger partial charge is 0.338 e. The fourth-order valence-corrected chi connectivity index (χ4v) is 14.9. The molecule has 2 aliphatic rings. The van der Waals surface area contributed by atoms with Crippen molar-refractivity contribution in [3.8, 4) is 0 Å². The van der Waals surface area contributed by atoms with Crippen molar-refractivity contribution in [2.24, 2.45) is 5.11 Å². The molecule has 2 heterocycles. The number of methoxy groups -OCH3 is 1. The highest BCUT2D eigenvalue weighted by Crippen LogP contribution is 2.42.